The van der Waals surface area contributed by atoms with Gasteiger partial charge in [0.25, 0.3) is 0 Å². The fourth-order valence-corrected chi connectivity index (χ4v) is 1.77. The Bertz CT molecular complexity index is 328. The molecule has 1 saturated heterocycles. The van der Waals surface area contributed by atoms with E-state index in [4.69, 9.17) is 9.47 Å². The van der Waals surface area contributed by atoms with Crippen molar-refractivity contribution < 1.29 is 14.3 Å². The highest BCUT2D eigenvalue weighted by atomic mass is 16.5. The van der Waals surface area contributed by atoms with Crippen molar-refractivity contribution in [1.82, 2.24) is 0 Å². The lowest BCUT2D eigenvalue weighted by molar-refractivity contribution is 0.0190. The Labute approximate surface area is 95.4 Å². The minimum absolute atomic E-state index is 0.0265. The molecule has 0 aliphatic carbocycles. The normalized spacial score (nSPS) is 19.9. The summed E-state index contributed by atoms with van der Waals surface area (Å²) < 4.78 is 10.8. The van der Waals surface area contributed by atoms with Crippen molar-refractivity contribution in [1.29, 1.82) is 0 Å². The van der Waals surface area contributed by atoms with E-state index in [1.165, 1.54) is 0 Å². The second-order valence-electron chi connectivity index (χ2n) is 3.94. The van der Waals surface area contributed by atoms with Crippen LogP contribution in [0.5, 0.6) is 0 Å². The van der Waals surface area contributed by atoms with Crippen LogP contribution in [0.2, 0.25) is 0 Å². The molecule has 1 aliphatic heterocycles. The van der Waals surface area contributed by atoms with Gasteiger partial charge in [0, 0.05) is 12.2 Å². The zero-order chi connectivity index (χ0) is 11.2. The quantitative estimate of drug-likeness (QED) is 0.712. The molecule has 1 aromatic carbocycles. The summed E-state index contributed by atoms with van der Waals surface area (Å²) in [6, 6.07) is 9.21. The number of carbonyl (C=O) groups is 1. The second kappa shape index (κ2) is 5.77. The molecule has 1 unspecified atom stereocenters. The number of Topliss-reactive ketones (excluding diaryl/α,β-unsaturated/α-hetero) is 1. The van der Waals surface area contributed by atoms with Gasteiger partial charge < -0.3 is 9.47 Å². The first-order valence-corrected chi connectivity index (χ1v) is 5.64. The molecule has 3 heteroatoms. The average molecular weight is 220 g/mol. The fraction of sp³-hybridized carbons (Fsp3) is 0.462. The average Bonchev–Trinajstić information content (AvgIpc) is 2.83. The Morgan fingerprint density at radius 2 is 2.19 bits per heavy atom. The van der Waals surface area contributed by atoms with Crippen molar-refractivity contribution in [2.45, 2.75) is 18.9 Å². The molecule has 0 amide bonds. The van der Waals surface area contributed by atoms with E-state index in [0.29, 0.717) is 12.2 Å². The smallest absolute Gasteiger partial charge is 0.188 e. The van der Waals surface area contributed by atoms with Crippen LogP contribution in [-0.4, -0.2) is 31.7 Å². The van der Waals surface area contributed by atoms with Crippen molar-refractivity contribution in [3.63, 3.8) is 0 Å². The number of ketones is 1. The van der Waals surface area contributed by atoms with Crippen LogP contribution in [-0.2, 0) is 9.47 Å². The minimum Gasteiger partial charge on any atom is -0.376 e. The Morgan fingerprint density at radius 1 is 1.38 bits per heavy atom. The topological polar surface area (TPSA) is 35.5 Å². The molecule has 0 aromatic heterocycles. The Morgan fingerprint density at radius 3 is 2.88 bits per heavy atom. The summed E-state index contributed by atoms with van der Waals surface area (Å²) in [7, 11) is 0. The number of ether oxygens (including phenoxy) is 2. The molecule has 2 rings (SSSR count). The van der Waals surface area contributed by atoms with Gasteiger partial charge in [-0.25, -0.2) is 0 Å². The fourth-order valence-electron chi connectivity index (χ4n) is 1.77. The Kier molecular flexibility index (Phi) is 4.08. The molecule has 16 heavy (non-hydrogen) atoms. The standard InChI is InChI=1S/C13H16O3/c14-13(11-5-2-1-3-6-11)10-15-9-12-7-4-8-16-12/h1-3,5-6,12H,4,7-10H2. The van der Waals surface area contributed by atoms with Gasteiger partial charge in [-0.3, -0.25) is 4.79 Å². The molecular weight excluding hydrogens is 204 g/mol. The molecule has 86 valence electrons. The second-order valence-corrected chi connectivity index (χ2v) is 3.94. The minimum atomic E-state index is 0.0265. The SMILES string of the molecule is O=C(COCC1CCCO1)c1ccccc1. The van der Waals surface area contributed by atoms with Gasteiger partial charge in [-0.15, -0.1) is 0 Å². The van der Waals surface area contributed by atoms with E-state index >= 15 is 0 Å². The first-order chi connectivity index (χ1) is 7.86. The molecule has 0 radical (unpaired) electrons. The van der Waals surface area contributed by atoms with Crippen molar-refractivity contribution in [3.05, 3.63) is 35.9 Å². The van der Waals surface area contributed by atoms with E-state index in [9.17, 15) is 4.79 Å². The zero-order valence-electron chi connectivity index (χ0n) is 9.22. The number of hydrogen-bond acceptors (Lipinski definition) is 3. The van der Waals surface area contributed by atoms with Gasteiger partial charge in [-0.2, -0.15) is 0 Å². The van der Waals surface area contributed by atoms with Crippen LogP contribution in [0.25, 0.3) is 0 Å². The van der Waals surface area contributed by atoms with Gasteiger partial charge in [-0.1, -0.05) is 30.3 Å². The summed E-state index contributed by atoms with van der Waals surface area (Å²) in [5.41, 5.74) is 0.704. The molecule has 1 atom stereocenters. The zero-order valence-corrected chi connectivity index (χ0v) is 9.22. The molecule has 1 aliphatic rings. The summed E-state index contributed by atoms with van der Waals surface area (Å²) in [4.78, 5) is 11.7. The van der Waals surface area contributed by atoms with Crippen LogP contribution in [0.3, 0.4) is 0 Å². The van der Waals surface area contributed by atoms with Crippen molar-refractivity contribution in [3.8, 4) is 0 Å². The molecule has 1 fully saturated rings. The first kappa shape index (κ1) is 11.3. The van der Waals surface area contributed by atoms with Crippen LogP contribution in [0.1, 0.15) is 23.2 Å². The van der Waals surface area contributed by atoms with Crippen molar-refractivity contribution in [2.24, 2.45) is 0 Å². The molecule has 0 spiro atoms. The van der Waals surface area contributed by atoms with Gasteiger partial charge in [-0.05, 0) is 12.8 Å². The van der Waals surface area contributed by atoms with Gasteiger partial charge in [0.2, 0.25) is 0 Å². The van der Waals surface area contributed by atoms with E-state index in [1.807, 2.05) is 18.2 Å². The van der Waals surface area contributed by atoms with Crippen LogP contribution < -0.4 is 0 Å². The molecule has 0 saturated carbocycles. The number of rotatable bonds is 5. The number of hydrogen-bond donors (Lipinski definition) is 0. The lowest BCUT2D eigenvalue weighted by Gasteiger charge is -2.09. The third kappa shape index (κ3) is 3.15. The molecule has 1 heterocycles. The maximum Gasteiger partial charge on any atom is 0.188 e. The lowest BCUT2D eigenvalue weighted by Crippen LogP contribution is -2.18. The number of carbonyl (C=O) groups excluding carboxylic acids is 1. The lowest BCUT2D eigenvalue weighted by atomic mass is 10.1. The van der Waals surface area contributed by atoms with Crippen LogP contribution in [0.15, 0.2) is 30.3 Å². The third-order valence-electron chi connectivity index (χ3n) is 2.66. The summed E-state index contributed by atoms with van der Waals surface area (Å²) in [6.07, 6.45) is 2.32. The van der Waals surface area contributed by atoms with Gasteiger partial charge >= 0.3 is 0 Å². The van der Waals surface area contributed by atoms with Crippen LogP contribution in [0.4, 0.5) is 0 Å². The maximum atomic E-state index is 11.7. The summed E-state index contributed by atoms with van der Waals surface area (Å²) in [5.74, 6) is 0.0265. The Hall–Kier alpha value is -1.19. The van der Waals surface area contributed by atoms with E-state index in [2.05, 4.69) is 0 Å². The first-order valence-electron chi connectivity index (χ1n) is 5.64. The van der Waals surface area contributed by atoms with E-state index in [0.717, 1.165) is 19.4 Å². The van der Waals surface area contributed by atoms with Gasteiger partial charge in [0.15, 0.2) is 5.78 Å². The van der Waals surface area contributed by atoms with E-state index in [1.54, 1.807) is 12.1 Å². The van der Waals surface area contributed by atoms with E-state index < -0.39 is 0 Å². The predicted octanol–water partition coefficient (Wildman–Crippen LogP) is 2.06. The highest BCUT2D eigenvalue weighted by Gasteiger charge is 2.16. The Balaban J connectivity index is 1.71. The summed E-state index contributed by atoms with van der Waals surface area (Å²) in [5, 5.41) is 0. The van der Waals surface area contributed by atoms with Crippen molar-refractivity contribution >= 4 is 5.78 Å². The van der Waals surface area contributed by atoms with Gasteiger partial charge in [0.1, 0.15) is 6.61 Å². The maximum absolute atomic E-state index is 11.7. The molecule has 0 N–H and O–H groups in total. The number of benzene rings is 1. The summed E-state index contributed by atoms with van der Waals surface area (Å²) >= 11 is 0. The summed E-state index contributed by atoms with van der Waals surface area (Å²) in [6.45, 7) is 1.49. The monoisotopic (exact) mass is 220 g/mol. The third-order valence-corrected chi connectivity index (χ3v) is 2.66. The van der Waals surface area contributed by atoms with Crippen molar-refractivity contribution in [2.75, 3.05) is 19.8 Å². The molecule has 0 bridgehead atoms. The van der Waals surface area contributed by atoms with Gasteiger partial charge in [0.05, 0.1) is 12.7 Å². The van der Waals surface area contributed by atoms with Crippen LogP contribution in [0, 0.1) is 0 Å². The molecule has 3 nitrogen and oxygen atoms in total. The van der Waals surface area contributed by atoms with E-state index in [-0.39, 0.29) is 18.5 Å². The highest BCUT2D eigenvalue weighted by molar-refractivity contribution is 5.96. The highest BCUT2D eigenvalue weighted by Crippen LogP contribution is 2.12. The molecule has 1 aromatic rings. The largest absolute Gasteiger partial charge is 0.376 e. The van der Waals surface area contributed by atoms with Crippen LogP contribution >= 0.6 is 0 Å². The molecular formula is C13H16O3. The predicted molar refractivity (Wildman–Crippen MR) is 60.6 cm³/mol.